The van der Waals surface area contributed by atoms with Gasteiger partial charge in [0.05, 0.1) is 9.26 Å². The highest BCUT2D eigenvalue weighted by molar-refractivity contribution is 14.1. The fourth-order valence-electron chi connectivity index (χ4n) is 1.47. The summed E-state index contributed by atoms with van der Waals surface area (Å²) in [5.74, 6) is 1.52. The summed E-state index contributed by atoms with van der Waals surface area (Å²) in [6, 6.07) is 3.84. The Hall–Kier alpha value is -0.760. The van der Waals surface area contributed by atoms with Crippen LogP contribution in [0.4, 0.5) is 5.82 Å². The molecule has 0 unspecified atom stereocenters. The molecule has 0 aliphatic carbocycles. The largest absolute Gasteiger partial charge is 0.369 e. The van der Waals surface area contributed by atoms with Crippen molar-refractivity contribution in [2.75, 3.05) is 11.9 Å². The molecular weight excluding hydrogens is 407 g/mol. The smallest absolute Gasteiger partial charge is 0.180 e. The maximum Gasteiger partial charge on any atom is 0.180 e. The molecule has 6 heteroatoms. The first-order chi connectivity index (χ1) is 8.61. The van der Waals surface area contributed by atoms with Gasteiger partial charge in [-0.25, -0.2) is 9.97 Å². The minimum atomic E-state index is 0.649. The Balaban J connectivity index is 2.48. The van der Waals surface area contributed by atoms with Crippen LogP contribution in [-0.4, -0.2) is 21.5 Å². The Kier molecular flexibility index (Phi) is 4.50. The Morgan fingerprint density at radius 3 is 2.72 bits per heavy atom. The number of aromatic nitrogens is 3. The minimum absolute atomic E-state index is 0.649. The molecule has 4 nitrogen and oxygen atoms in total. The van der Waals surface area contributed by atoms with Gasteiger partial charge in [-0.05, 0) is 64.5 Å². The molecule has 0 spiro atoms. The van der Waals surface area contributed by atoms with E-state index < -0.39 is 0 Å². The predicted octanol–water partition coefficient (Wildman–Crippen LogP) is 3.65. The molecule has 2 heterocycles. The average Bonchev–Trinajstić information content (AvgIpc) is 2.36. The van der Waals surface area contributed by atoms with E-state index >= 15 is 0 Å². The van der Waals surface area contributed by atoms with Crippen molar-refractivity contribution in [1.82, 2.24) is 15.0 Å². The van der Waals surface area contributed by atoms with Crippen LogP contribution in [0.3, 0.4) is 0 Å². The molecular formula is C12H12BrIN4. The van der Waals surface area contributed by atoms with Crippen LogP contribution >= 0.6 is 38.5 Å². The number of anilines is 1. The van der Waals surface area contributed by atoms with Gasteiger partial charge in [0.2, 0.25) is 0 Å². The van der Waals surface area contributed by atoms with E-state index in [2.05, 4.69) is 58.8 Å². The lowest BCUT2D eigenvalue weighted by molar-refractivity contribution is 1.05. The molecule has 1 N–H and O–H groups in total. The van der Waals surface area contributed by atoms with Gasteiger partial charge in [-0.1, -0.05) is 0 Å². The second kappa shape index (κ2) is 5.92. The standard InChI is InChI=1S/C12H12BrIN4/c1-3-15-12-10(14)7(2)17-11(18-12)9-5-4-8(13)6-16-9/h4-6H,3H2,1-2H3,(H,15,17,18). The number of hydrogen-bond acceptors (Lipinski definition) is 4. The number of rotatable bonds is 3. The predicted molar refractivity (Wildman–Crippen MR) is 84.6 cm³/mol. The van der Waals surface area contributed by atoms with Crippen LogP contribution in [0.25, 0.3) is 11.5 Å². The van der Waals surface area contributed by atoms with E-state index in [1.165, 1.54) is 0 Å². The molecule has 18 heavy (non-hydrogen) atoms. The molecule has 0 radical (unpaired) electrons. The van der Waals surface area contributed by atoms with E-state index in [-0.39, 0.29) is 0 Å². The highest BCUT2D eigenvalue weighted by atomic mass is 127. The number of halogens is 2. The summed E-state index contributed by atoms with van der Waals surface area (Å²) >= 11 is 5.62. The fourth-order valence-corrected chi connectivity index (χ4v) is 2.13. The molecule has 0 aliphatic rings. The average molecular weight is 419 g/mol. The second-order valence-electron chi connectivity index (χ2n) is 3.69. The lowest BCUT2D eigenvalue weighted by atomic mass is 10.3. The zero-order chi connectivity index (χ0) is 13.1. The quantitative estimate of drug-likeness (QED) is 0.773. The first kappa shape index (κ1) is 13.7. The normalized spacial score (nSPS) is 10.4. The lowest BCUT2D eigenvalue weighted by Crippen LogP contribution is -2.06. The summed E-state index contributed by atoms with van der Waals surface area (Å²) in [4.78, 5) is 13.3. The molecule has 0 atom stereocenters. The van der Waals surface area contributed by atoms with Gasteiger partial charge in [0, 0.05) is 17.2 Å². The highest BCUT2D eigenvalue weighted by Crippen LogP contribution is 2.23. The molecule has 0 saturated heterocycles. The molecule has 0 aliphatic heterocycles. The molecule has 0 aromatic carbocycles. The van der Waals surface area contributed by atoms with Gasteiger partial charge in [-0.15, -0.1) is 0 Å². The van der Waals surface area contributed by atoms with E-state index in [9.17, 15) is 0 Å². The van der Waals surface area contributed by atoms with Crippen molar-refractivity contribution in [2.24, 2.45) is 0 Å². The van der Waals surface area contributed by atoms with Gasteiger partial charge in [0.15, 0.2) is 5.82 Å². The van der Waals surface area contributed by atoms with Crippen molar-refractivity contribution in [1.29, 1.82) is 0 Å². The number of pyridine rings is 1. The maximum atomic E-state index is 4.52. The van der Waals surface area contributed by atoms with E-state index in [0.717, 1.165) is 31.8 Å². The van der Waals surface area contributed by atoms with E-state index in [1.54, 1.807) is 6.20 Å². The Morgan fingerprint density at radius 1 is 1.33 bits per heavy atom. The van der Waals surface area contributed by atoms with Crippen LogP contribution in [0.5, 0.6) is 0 Å². The zero-order valence-corrected chi connectivity index (χ0v) is 13.8. The van der Waals surface area contributed by atoms with Gasteiger partial charge in [-0.3, -0.25) is 4.98 Å². The molecule has 0 saturated carbocycles. The highest BCUT2D eigenvalue weighted by Gasteiger charge is 2.10. The Bertz CT molecular complexity index is 557. The zero-order valence-electron chi connectivity index (χ0n) is 10.0. The summed E-state index contributed by atoms with van der Waals surface area (Å²) in [5.41, 5.74) is 1.73. The van der Waals surface area contributed by atoms with Crippen LogP contribution in [0.15, 0.2) is 22.8 Å². The fraction of sp³-hybridized carbons (Fsp3) is 0.250. The molecule has 2 aromatic rings. The maximum absolute atomic E-state index is 4.52. The van der Waals surface area contributed by atoms with Gasteiger partial charge in [0.1, 0.15) is 11.5 Å². The summed E-state index contributed by atoms with van der Waals surface area (Å²) in [7, 11) is 0. The number of nitrogens with zero attached hydrogens (tertiary/aromatic N) is 3. The van der Waals surface area contributed by atoms with Gasteiger partial charge >= 0.3 is 0 Å². The SMILES string of the molecule is CCNc1nc(-c2ccc(Br)cn2)nc(C)c1I. The summed E-state index contributed by atoms with van der Waals surface area (Å²) in [6.45, 7) is 4.86. The first-order valence-electron chi connectivity index (χ1n) is 5.51. The van der Waals surface area contributed by atoms with Crippen molar-refractivity contribution < 1.29 is 0 Å². The van der Waals surface area contributed by atoms with Crippen LogP contribution in [0.1, 0.15) is 12.6 Å². The first-order valence-corrected chi connectivity index (χ1v) is 7.39. The van der Waals surface area contributed by atoms with E-state index in [0.29, 0.717) is 5.82 Å². The summed E-state index contributed by atoms with van der Waals surface area (Å²) in [6.07, 6.45) is 1.75. The summed E-state index contributed by atoms with van der Waals surface area (Å²) in [5, 5.41) is 3.24. The monoisotopic (exact) mass is 418 g/mol. The third kappa shape index (κ3) is 2.97. The van der Waals surface area contributed by atoms with Crippen LogP contribution in [0.2, 0.25) is 0 Å². The van der Waals surface area contributed by atoms with Crippen molar-refractivity contribution in [3.05, 3.63) is 32.1 Å². The molecule has 0 fully saturated rings. The third-order valence-corrected chi connectivity index (χ3v) is 4.08. The molecule has 2 aromatic heterocycles. The van der Waals surface area contributed by atoms with Crippen LogP contribution in [0, 0.1) is 10.5 Å². The molecule has 0 bridgehead atoms. The van der Waals surface area contributed by atoms with Crippen LogP contribution in [-0.2, 0) is 0 Å². The Labute approximate surface area is 128 Å². The molecule has 0 amide bonds. The van der Waals surface area contributed by atoms with Gasteiger partial charge in [-0.2, -0.15) is 0 Å². The molecule has 94 valence electrons. The van der Waals surface area contributed by atoms with E-state index in [4.69, 9.17) is 0 Å². The number of aryl methyl sites for hydroxylation is 1. The number of nitrogens with one attached hydrogen (secondary N) is 1. The van der Waals surface area contributed by atoms with Crippen molar-refractivity contribution >= 4 is 44.3 Å². The lowest BCUT2D eigenvalue weighted by Gasteiger charge is -2.09. The Morgan fingerprint density at radius 2 is 2.11 bits per heavy atom. The second-order valence-corrected chi connectivity index (χ2v) is 5.68. The summed E-state index contributed by atoms with van der Waals surface area (Å²) < 4.78 is 2.00. The van der Waals surface area contributed by atoms with Crippen LogP contribution < -0.4 is 5.32 Å². The van der Waals surface area contributed by atoms with Crippen molar-refractivity contribution in [3.63, 3.8) is 0 Å². The minimum Gasteiger partial charge on any atom is -0.369 e. The van der Waals surface area contributed by atoms with Gasteiger partial charge < -0.3 is 5.32 Å². The third-order valence-electron chi connectivity index (χ3n) is 2.32. The number of hydrogen-bond donors (Lipinski definition) is 1. The van der Waals surface area contributed by atoms with Crippen molar-refractivity contribution in [3.8, 4) is 11.5 Å². The van der Waals surface area contributed by atoms with Crippen molar-refractivity contribution in [2.45, 2.75) is 13.8 Å². The topological polar surface area (TPSA) is 50.7 Å². The van der Waals surface area contributed by atoms with Gasteiger partial charge in [0.25, 0.3) is 0 Å². The van der Waals surface area contributed by atoms with E-state index in [1.807, 2.05) is 26.0 Å². The molecule has 2 rings (SSSR count).